The van der Waals surface area contributed by atoms with Crippen LogP contribution in [0, 0.1) is 5.92 Å². The number of halogens is 1. The van der Waals surface area contributed by atoms with Crippen molar-refractivity contribution in [2.45, 2.75) is 57.7 Å². The number of rotatable bonds is 7. The van der Waals surface area contributed by atoms with E-state index in [0.717, 1.165) is 21.2 Å². The number of aliphatic hydroxyl groups is 1. The van der Waals surface area contributed by atoms with Crippen LogP contribution in [-0.2, 0) is 22.4 Å². The van der Waals surface area contributed by atoms with Crippen molar-refractivity contribution in [2.75, 3.05) is 0 Å². The Morgan fingerprint density at radius 1 is 1.13 bits per heavy atom. The highest BCUT2D eigenvalue weighted by Crippen LogP contribution is 2.32. The molecular weight excluding hydrogens is 444 g/mol. The number of carbonyl (C=O) groups excluding carboxylic acids is 2. The van der Waals surface area contributed by atoms with Gasteiger partial charge in [-0.1, -0.05) is 72.2 Å². The van der Waals surface area contributed by atoms with Gasteiger partial charge in [0.1, 0.15) is 5.60 Å². The van der Waals surface area contributed by atoms with Gasteiger partial charge in [0.05, 0.1) is 18.5 Å². The highest BCUT2D eigenvalue weighted by Gasteiger charge is 2.38. The normalized spacial score (nSPS) is 19.8. The van der Waals surface area contributed by atoms with Gasteiger partial charge in [-0.25, -0.2) is 0 Å². The SMILES string of the molecule is CC(C)CC(C)(O)C(=O)N[C@@H]1c2ccccc2C[C@H]1NC(=O)Cc1ccccc1Br. The fourth-order valence-electron chi connectivity index (χ4n) is 4.16. The molecule has 160 valence electrons. The molecule has 5 nitrogen and oxygen atoms in total. The molecule has 30 heavy (non-hydrogen) atoms. The van der Waals surface area contributed by atoms with E-state index in [-0.39, 0.29) is 30.3 Å². The summed E-state index contributed by atoms with van der Waals surface area (Å²) in [6.45, 7) is 5.48. The number of carbonyl (C=O) groups is 2. The van der Waals surface area contributed by atoms with Crippen LogP contribution in [0.2, 0.25) is 0 Å². The van der Waals surface area contributed by atoms with Crippen LogP contribution in [0.4, 0.5) is 0 Å². The van der Waals surface area contributed by atoms with Crippen molar-refractivity contribution in [1.29, 1.82) is 0 Å². The van der Waals surface area contributed by atoms with Crippen molar-refractivity contribution in [3.63, 3.8) is 0 Å². The second-order valence-electron chi connectivity index (χ2n) is 8.67. The van der Waals surface area contributed by atoms with Crippen LogP contribution < -0.4 is 10.6 Å². The first-order chi connectivity index (χ1) is 14.2. The molecular formula is C24H29BrN2O3. The van der Waals surface area contributed by atoms with Crippen LogP contribution in [0.15, 0.2) is 53.0 Å². The van der Waals surface area contributed by atoms with Gasteiger partial charge in [-0.2, -0.15) is 0 Å². The lowest BCUT2D eigenvalue weighted by molar-refractivity contribution is -0.140. The third-order valence-corrected chi connectivity index (χ3v) is 6.24. The molecule has 1 aliphatic carbocycles. The summed E-state index contributed by atoms with van der Waals surface area (Å²) in [5, 5.41) is 16.7. The Balaban J connectivity index is 1.75. The molecule has 0 bridgehead atoms. The largest absolute Gasteiger partial charge is 0.380 e. The minimum absolute atomic E-state index is 0.104. The van der Waals surface area contributed by atoms with Gasteiger partial charge in [-0.15, -0.1) is 0 Å². The summed E-state index contributed by atoms with van der Waals surface area (Å²) in [7, 11) is 0. The number of hydrogen-bond donors (Lipinski definition) is 3. The Kier molecular flexibility index (Phi) is 6.98. The van der Waals surface area contributed by atoms with Crippen molar-refractivity contribution in [3.8, 4) is 0 Å². The van der Waals surface area contributed by atoms with E-state index >= 15 is 0 Å². The highest BCUT2D eigenvalue weighted by atomic mass is 79.9. The fraction of sp³-hybridized carbons (Fsp3) is 0.417. The summed E-state index contributed by atoms with van der Waals surface area (Å²) in [6, 6.07) is 14.9. The minimum Gasteiger partial charge on any atom is -0.380 e. The molecule has 6 heteroatoms. The molecule has 3 rings (SSSR count). The van der Waals surface area contributed by atoms with Crippen molar-refractivity contribution < 1.29 is 14.7 Å². The van der Waals surface area contributed by atoms with Gasteiger partial charge in [-0.3, -0.25) is 9.59 Å². The molecule has 2 amide bonds. The van der Waals surface area contributed by atoms with Crippen LogP contribution in [0.25, 0.3) is 0 Å². The van der Waals surface area contributed by atoms with Gasteiger partial charge in [0.2, 0.25) is 5.91 Å². The van der Waals surface area contributed by atoms with E-state index in [9.17, 15) is 14.7 Å². The van der Waals surface area contributed by atoms with Gasteiger partial charge < -0.3 is 15.7 Å². The summed E-state index contributed by atoms with van der Waals surface area (Å²) in [6.07, 6.45) is 1.25. The summed E-state index contributed by atoms with van der Waals surface area (Å²) in [4.78, 5) is 25.6. The number of amides is 2. The maximum atomic E-state index is 12.9. The number of benzene rings is 2. The highest BCUT2D eigenvalue weighted by molar-refractivity contribution is 9.10. The number of nitrogens with one attached hydrogen (secondary N) is 2. The first-order valence-electron chi connectivity index (χ1n) is 10.3. The third-order valence-electron chi connectivity index (χ3n) is 5.47. The van der Waals surface area contributed by atoms with Crippen LogP contribution in [-0.4, -0.2) is 28.6 Å². The second kappa shape index (κ2) is 9.31. The monoisotopic (exact) mass is 472 g/mol. The smallest absolute Gasteiger partial charge is 0.252 e. The lowest BCUT2D eigenvalue weighted by Crippen LogP contribution is -2.51. The predicted octanol–water partition coefficient (Wildman–Crippen LogP) is 3.69. The van der Waals surface area contributed by atoms with E-state index in [0.29, 0.717) is 12.8 Å². The van der Waals surface area contributed by atoms with E-state index < -0.39 is 11.5 Å². The van der Waals surface area contributed by atoms with Crippen LogP contribution in [0.5, 0.6) is 0 Å². The molecule has 0 saturated carbocycles. The molecule has 2 aromatic carbocycles. The average Bonchev–Trinajstić information content (AvgIpc) is 2.99. The van der Waals surface area contributed by atoms with Crippen LogP contribution in [0.1, 0.15) is 49.9 Å². The molecule has 0 saturated heterocycles. The molecule has 1 unspecified atom stereocenters. The molecule has 0 fully saturated rings. The molecule has 1 aliphatic rings. The lowest BCUT2D eigenvalue weighted by atomic mass is 9.92. The van der Waals surface area contributed by atoms with Gasteiger partial charge in [-0.05, 0) is 48.4 Å². The molecule has 0 aliphatic heterocycles. The Bertz CT molecular complexity index is 926. The Hall–Kier alpha value is -2.18. The van der Waals surface area contributed by atoms with E-state index in [1.807, 2.05) is 62.4 Å². The van der Waals surface area contributed by atoms with E-state index in [2.05, 4.69) is 26.6 Å². The zero-order valence-electron chi connectivity index (χ0n) is 17.6. The topological polar surface area (TPSA) is 78.4 Å². The first kappa shape index (κ1) is 22.5. The zero-order valence-corrected chi connectivity index (χ0v) is 19.2. The van der Waals surface area contributed by atoms with Gasteiger partial charge in [0, 0.05) is 4.47 Å². The van der Waals surface area contributed by atoms with E-state index in [1.165, 1.54) is 0 Å². The molecule has 3 N–H and O–H groups in total. The minimum atomic E-state index is -1.46. The van der Waals surface area contributed by atoms with Crippen molar-refractivity contribution in [3.05, 3.63) is 69.7 Å². The van der Waals surface area contributed by atoms with Crippen molar-refractivity contribution in [1.82, 2.24) is 10.6 Å². The summed E-state index contributed by atoms with van der Waals surface area (Å²) in [5.41, 5.74) is 1.52. The van der Waals surface area contributed by atoms with E-state index in [4.69, 9.17) is 0 Å². The summed E-state index contributed by atoms with van der Waals surface area (Å²) in [5.74, 6) is -0.336. The number of fused-ring (bicyclic) bond motifs is 1. The average molecular weight is 473 g/mol. The van der Waals surface area contributed by atoms with Gasteiger partial charge >= 0.3 is 0 Å². The standard InChI is InChI=1S/C24H29BrN2O3/c1-15(2)14-24(3,30)23(29)27-22-18-10-6-4-8-16(18)12-20(22)26-21(28)13-17-9-5-7-11-19(17)25/h4-11,15,20,22,30H,12-14H2,1-3H3,(H,26,28)(H,27,29)/t20-,22-,24?/m1/s1. The fourth-order valence-corrected chi connectivity index (χ4v) is 4.59. The molecule has 3 atom stereocenters. The van der Waals surface area contributed by atoms with Crippen LogP contribution >= 0.6 is 15.9 Å². The maximum absolute atomic E-state index is 12.9. The number of hydrogen-bond acceptors (Lipinski definition) is 3. The summed E-state index contributed by atoms with van der Waals surface area (Å²) < 4.78 is 0.893. The Morgan fingerprint density at radius 2 is 1.80 bits per heavy atom. The van der Waals surface area contributed by atoms with Gasteiger partial charge in [0.25, 0.3) is 5.91 Å². The molecule has 2 aromatic rings. The van der Waals surface area contributed by atoms with E-state index in [1.54, 1.807) is 6.92 Å². The van der Waals surface area contributed by atoms with Crippen molar-refractivity contribution in [2.24, 2.45) is 5.92 Å². The predicted molar refractivity (Wildman–Crippen MR) is 121 cm³/mol. The van der Waals surface area contributed by atoms with Gasteiger partial charge in [0.15, 0.2) is 0 Å². The van der Waals surface area contributed by atoms with Crippen molar-refractivity contribution >= 4 is 27.7 Å². The van der Waals surface area contributed by atoms with Crippen LogP contribution in [0.3, 0.4) is 0 Å². The lowest BCUT2D eigenvalue weighted by Gasteiger charge is -2.29. The Morgan fingerprint density at radius 3 is 2.50 bits per heavy atom. The first-order valence-corrected chi connectivity index (χ1v) is 11.1. The Labute approximate surface area is 186 Å². The maximum Gasteiger partial charge on any atom is 0.252 e. The second-order valence-corrected chi connectivity index (χ2v) is 9.52. The molecule has 0 spiro atoms. The molecule has 0 aromatic heterocycles. The molecule has 0 heterocycles. The summed E-state index contributed by atoms with van der Waals surface area (Å²) >= 11 is 3.48. The zero-order chi connectivity index (χ0) is 21.9. The quantitative estimate of drug-likeness (QED) is 0.574. The third kappa shape index (κ3) is 5.29. The molecule has 0 radical (unpaired) electrons.